The number of carbonyl (C=O) groups excluding carboxylic acids is 1. The van der Waals surface area contributed by atoms with Gasteiger partial charge in [0.05, 0.1) is 5.56 Å². The molecule has 6 heteroatoms. The van der Waals surface area contributed by atoms with E-state index in [0.717, 1.165) is 0 Å². The predicted molar refractivity (Wildman–Crippen MR) is 76.3 cm³/mol. The Balaban J connectivity index is 2.89. The Bertz CT molecular complexity index is 463. The Morgan fingerprint density at radius 1 is 1.50 bits per heavy atom. The van der Waals surface area contributed by atoms with E-state index in [1.54, 1.807) is 31.5 Å². The molecule has 0 aromatic heterocycles. The van der Waals surface area contributed by atoms with Crippen molar-refractivity contribution in [1.82, 2.24) is 5.32 Å². The van der Waals surface area contributed by atoms with E-state index in [-0.39, 0.29) is 11.2 Å². The minimum atomic E-state index is -0.903. The molecule has 4 N–H and O–H groups in total. The van der Waals surface area contributed by atoms with Gasteiger partial charge in [-0.2, -0.15) is 0 Å². The topological polar surface area (TPSA) is 84.2 Å². The number of amides is 1. The minimum absolute atomic E-state index is 0.00367. The molecular weight excluding hydrogens is 250 g/mol. The Morgan fingerprint density at radius 3 is 2.72 bits per heavy atom. The van der Waals surface area contributed by atoms with Crippen molar-refractivity contribution in [3.63, 3.8) is 0 Å². The fourth-order valence-electron chi connectivity index (χ4n) is 1.41. The molecule has 1 aromatic rings. The van der Waals surface area contributed by atoms with Gasteiger partial charge in [-0.15, -0.1) is 0 Å². The lowest BCUT2D eigenvalue weighted by Gasteiger charge is -2.14. The van der Waals surface area contributed by atoms with Crippen molar-refractivity contribution in [2.24, 2.45) is 0 Å². The first-order chi connectivity index (χ1) is 8.45. The van der Waals surface area contributed by atoms with Crippen molar-refractivity contribution in [2.75, 3.05) is 30.9 Å². The maximum absolute atomic E-state index is 11.7. The van der Waals surface area contributed by atoms with Gasteiger partial charge in [0.2, 0.25) is 0 Å². The monoisotopic (exact) mass is 269 g/mol. The summed E-state index contributed by atoms with van der Waals surface area (Å²) < 4.78 is 11.3. The lowest BCUT2D eigenvalue weighted by Crippen LogP contribution is -2.24. The Labute approximate surface area is 110 Å². The average Bonchev–Trinajstić information content (AvgIpc) is 2.34. The number of nitrogens with two attached hydrogens (primary N) is 1. The number of hydrogen-bond donors (Lipinski definition) is 3. The molecule has 0 saturated carbocycles. The van der Waals surface area contributed by atoms with Crippen LogP contribution in [0.25, 0.3) is 0 Å². The SMILES string of the molecule is CNC(=O)c1ccc(N)cc1NCC(C)S(C)=O. The first kappa shape index (κ1) is 14.5. The van der Waals surface area contributed by atoms with Crippen LogP contribution in [0.5, 0.6) is 0 Å². The third-order valence-corrected chi connectivity index (χ3v) is 3.96. The summed E-state index contributed by atoms with van der Waals surface area (Å²) in [7, 11) is 0.673. The van der Waals surface area contributed by atoms with E-state index >= 15 is 0 Å². The summed E-state index contributed by atoms with van der Waals surface area (Å²) in [5.74, 6) is -0.178. The molecule has 0 aliphatic carbocycles. The van der Waals surface area contributed by atoms with Gasteiger partial charge in [0.25, 0.3) is 5.91 Å². The van der Waals surface area contributed by atoms with Crippen molar-refractivity contribution in [2.45, 2.75) is 12.2 Å². The van der Waals surface area contributed by atoms with Gasteiger partial charge in [-0.25, -0.2) is 0 Å². The highest BCUT2D eigenvalue weighted by Crippen LogP contribution is 2.19. The molecule has 0 spiro atoms. The second-order valence-electron chi connectivity index (χ2n) is 4.07. The zero-order chi connectivity index (χ0) is 13.7. The van der Waals surface area contributed by atoms with Crippen molar-refractivity contribution in [3.8, 4) is 0 Å². The summed E-state index contributed by atoms with van der Waals surface area (Å²) in [6.45, 7) is 2.41. The lowest BCUT2D eigenvalue weighted by atomic mass is 10.1. The van der Waals surface area contributed by atoms with Crippen LogP contribution >= 0.6 is 0 Å². The molecule has 0 heterocycles. The van der Waals surface area contributed by atoms with E-state index in [1.165, 1.54) is 0 Å². The second kappa shape index (κ2) is 6.39. The van der Waals surface area contributed by atoms with Crippen LogP contribution in [-0.4, -0.2) is 35.2 Å². The first-order valence-corrected chi connectivity index (χ1v) is 7.25. The fourth-order valence-corrected chi connectivity index (χ4v) is 1.73. The molecule has 5 nitrogen and oxygen atoms in total. The van der Waals surface area contributed by atoms with Crippen LogP contribution in [0.15, 0.2) is 18.2 Å². The quantitative estimate of drug-likeness (QED) is 0.691. The molecule has 1 amide bonds. The van der Waals surface area contributed by atoms with Gasteiger partial charge in [0, 0.05) is 47.3 Å². The molecule has 0 saturated heterocycles. The zero-order valence-electron chi connectivity index (χ0n) is 10.8. The van der Waals surface area contributed by atoms with Gasteiger partial charge in [-0.3, -0.25) is 9.00 Å². The summed E-state index contributed by atoms with van der Waals surface area (Å²) >= 11 is 0. The van der Waals surface area contributed by atoms with Crippen LogP contribution in [0, 0.1) is 0 Å². The number of rotatable bonds is 5. The minimum Gasteiger partial charge on any atom is -0.399 e. The summed E-state index contributed by atoms with van der Waals surface area (Å²) in [5.41, 5.74) is 7.47. The van der Waals surface area contributed by atoms with E-state index in [4.69, 9.17) is 5.73 Å². The van der Waals surface area contributed by atoms with Gasteiger partial charge in [-0.05, 0) is 25.1 Å². The van der Waals surface area contributed by atoms with Crippen LogP contribution in [0.1, 0.15) is 17.3 Å². The second-order valence-corrected chi connectivity index (χ2v) is 5.88. The van der Waals surface area contributed by atoms with Crippen LogP contribution in [0.4, 0.5) is 11.4 Å². The molecule has 0 radical (unpaired) electrons. The normalized spacial score (nSPS) is 13.7. The molecule has 18 heavy (non-hydrogen) atoms. The van der Waals surface area contributed by atoms with Crippen LogP contribution < -0.4 is 16.4 Å². The Kier molecular flexibility index (Phi) is 5.15. The highest BCUT2D eigenvalue weighted by Gasteiger charge is 2.12. The average molecular weight is 269 g/mol. The number of nitrogens with one attached hydrogen (secondary N) is 2. The maximum atomic E-state index is 11.7. The van der Waals surface area contributed by atoms with Gasteiger partial charge >= 0.3 is 0 Å². The van der Waals surface area contributed by atoms with Crippen molar-refractivity contribution < 1.29 is 9.00 Å². The predicted octanol–water partition coefficient (Wildman–Crippen LogP) is 0.807. The summed E-state index contributed by atoms with van der Waals surface area (Å²) in [6.07, 6.45) is 1.66. The van der Waals surface area contributed by atoms with Gasteiger partial charge in [0.1, 0.15) is 0 Å². The maximum Gasteiger partial charge on any atom is 0.253 e. The first-order valence-electron chi connectivity index (χ1n) is 5.63. The molecule has 0 bridgehead atoms. The van der Waals surface area contributed by atoms with Crippen LogP contribution in [-0.2, 0) is 10.8 Å². The fraction of sp³-hybridized carbons (Fsp3) is 0.417. The smallest absolute Gasteiger partial charge is 0.253 e. The number of nitrogen functional groups attached to an aromatic ring is 1. The van der Waals surface area contributed by atoms with Gasteiger partial charge in [-0.1, -0.05) is 0 Å². The molecule has 2 atom stereocenters. The zero-order valence-corrected chi connectivity index (χ0v) is 11.6. The number of benzene rings is 1. The van der Waals surface area contributed by atoms with E-state index in [0.29, 0.717) is 23.5 Å². The molecule has 0 aliphatic rings. The molecule has 0 fully saturated rings. The standard InChI is InChI=1S/C12H19N3O2S/c1-8(18(3)17)7-15-11-6-9(13)4-5-10(11)12(16)14-2/h4-6,8,15H,7,13H2,1-3H3,(H,14,16). The third kappa shape index (κ3) is 3.73. The van der Waals surface area contributed by atoms with E-state index in [2.05, 4.69) is 10.6 Å². The summed E-state index contributed by atoms with van der Waals surface area (Å²) in [6, 6.07) is 5.05. The third-order valence-electron chi connectivity index (χ3n) is 2.66. The van der Waals surface area contributed by atoms with Crippen molar-refractivity contribution in [3.05, 3.63) is 23.8 Å². The summed E-state index contributed by atoms with van der Waals surface area (Å²) in [4.78, 5) is 11.7. The highest BCUT2D eigenvalue weighted by molar-refractivity contribution is 7.84. The molecular formula is C12H19N3O2S. The lowest BCUT2D eigenvalue weighted by molar-refractivity contribution is 0.0964. The number of carbonyl (C=O) groups is 1. The Hall–Kier alpha value is -1.56. The molecule has 2 unspecified atom stereocenters. The molecule has 0 aliphatic heterocycles. The highest BCUT2D eigenvalue weighted by atomic mass is 32.2. The summed E-state index contributed by atoms with van der Waals surface area (Å²) in [5, 5.41) is 5.69. The van der Waals surface area contributed by atoms with Crippen LogP contribution in [0.2, 0.25) is 0 Å². The molecule has 100 valence electrons. The van der Waals surface area contributed by atoms with Gasteiger partial charge < -0.3 is 16.4 Å². The number of anilines is 2. The van der Waals surface area contributed by atoms with E-state index in [1.807, 2.05) is 6.92 Å². The van der Waals surface area contributed by atoms with E-state index in [9.17, 15) is 9.00 Å². The molecule has 1 rings (SSSR count). The van der Waals surface area contributed by atoms with E-state index < -0.39 is 10.8 Å². The largest absolute Gasteiger partial charge is 0.399 e. The Morgan fingerprint density at radius 2 is 2.17 bits per heavy atom. The van der Waals surface area contributed by atoms with Crippen molar-refractivity contribution in [1.29, 1.82) is 0 Å². The van der Waals surface area contributed by atoms with Crippen molar-refractivity contribution >= 4 is 28.1 Å². The molecule has 1 aromatic carbocycles. The van der Waals surface area contributed by atoms with Gasteiger partial charge in [0.15, 0.2) is 0 Å². The number of hydrogen-bond acceptors (Lipinski definition) is 4. The van der Waals surface area contributed by atoms with Crippen LogP contribution in [0.3, 0.4) is 0 Å².